The first-order valence-corrected chi connectivity index (χ1v) is 9.02. The molecule has 1 atom stereocenters. The number of hydrogen-bond acceptors (Lipinski definition) is 3. The van der Waals surface area contributed by atoms with E-state index in [0.29, 0.717) is 6.10 Å². The van der Waals surface area contributed by atoms with Gasteiger partial charge in [-0.2, -0.15) is 0 Å². The first-order valence-electron chi connectivity index (χ1n) is 9.02. The maximum absolute atomic E-state index is 13.0. The number of hydrogen-bond donors (Lipinski definition) is 0. The molecule has 1 aromatic rings. The molecular weight excluding hydrogens is 293 g/mol. The van der Waals surface area contributed by atoms with Crippen LogP contribution in [0.2, 0.25) is 0 Å². The van der Waals surface area contributed by atoms with Gasteiger partial charge < -0.3 is 9.47 Å². The molecule has 0 amide bonds. The van der Waals surface area contributed by atoms with Gasteiger partial charge in [0, 0.05) is 19.6 Å². The van der Waals surface area contributed by atoms with E-state index >= 15 is 0 Å². The maximum Gasteiger partial charge on any atom is 0.123 e. The SMILES string of the molecule is Fc1ccc(C2CN(CCOC3CCCCCC3)CCO2)cc1. The fourth-order valence-corrected chi connectivity index (χ4v) is 3.54. The highest BCUT2D eigenvalue weighted by Crippen LogP contribution is 2.23. The van der Waals surface area contributed by atoms with E-state index in [1.165, 1.54) is 50.7 Å². The van der Waals surface area contributed by atoms with Crippen molar-refractivity contribution in [2.45, 2.75) is 50.7 Å². The molecule has 2 aliphatic rings. The second-order valence-electron chi connectivity index (χ2n) is 6.70. The molecule has 0 radical (unpaired) electrons. The van der Waals surface area contributed by atoms with Gasteiger partial charge in [0.25, 0.3) is 0 Å². The van der Waals surface area contributed by atoms with Gasteiger partial charge in [0.2, 0.25) is 0 Å². The minimum Gasteiger partial charge on any atom is -0.377 e. The monoisotopic (exact) mass is 321 g/mol. The van der Waals surface area contributed by atoms with E-state index in [1.807, 2.05) is 12.1 Å². The standard InChI is InChI=1S/C19H28FNO2/c20-17-9-7-16(8-10-17)19-15-21(12-14-23-19)11-13-22-18-5-3-1-2-4-6-18/h7-10,18-19H,1-6,11-15H2. The number of rotatable bonds is 5. The van der Waals surface area contributed by atoms with Crippen molar-refractivity contribution in [3.05, 3.63) is 35.6 Å². The van der Waals surface area contributed by atoms with Gasteiger partial charge in [-0.05, 0) is 30.5 Å². The fraction of sp³-hybridized carbons (Fsp3) is 0.684. The van der Waals surface area contributed by atoms with Crippen molar-refractivity contribution in [1.29, 1.82) is 0 Å². The summed E-state index contributed by atoms with van der Waals surface area (Å²) in [5, 5.41) is 0. The van der Waals surface area contributed by atoms with Crippen molar-refractivity contribution < 1.29 is 13.9 Å². The number of benzene rings is 1. The Bertz CT molecular complexity index is 457. The topological polar surface area (TPSA) is 21.7 Å². The minimum atomic E-state index is -0.196. The lowest BCUT2D eigenvalue weighted by molar-refractivity contribution is -0.0447. The van der Waals surface area contributed by atoms with Crippen LogP contribution in [0.5, 0.6) is 0 Å². The van der Waals surface area contributed by atoms with Gasteiger partial charge in [0.15, 0.2) is 0 Å². The Morgan fingerprint density at radius 2 is 1.83 bits per heavy atom. The van der Waals surface area contributed by atoms with Gasteiger partial charge in [-0.15, -0.1) is 0 Å². The van der Waals surface area contributed by atoms with E-state index < -0.39 is 0 Å². The number of morpholine rings is 1. The normalized spacial score (nSPS) is 24.5. The third-order valence-corrected chi connectivity index (χ3v) is 4.96. The van der Waals surface area contributed by atoms with Gasteiger partial charge in [-0.1, -0.05) is 37.8 Å². The summed E-state index contributed by atoms with van der Waals surface area (Å²) < 4.78 is 25.0. The second kappa shape index (κ2) is 8.76. The van der Waals surface area contributed by atoms with Crippen molar-refractivity contribution in [3.8, 4) is 0 Å². The van der Waals surface area contributed by atoms with Crippen LogP contribution in [0.15, 0.2) is 24.3 Å². The van der Waals surface area contributed by atoms with E-state index in [9.17, 15) is 4.39 Å². The molecule has 2 fully saturated rings. The molecule has 0 N–H and O–H groups in total. The molecule has 1 unspecified atom stereocenters. The Kier molecular flexibility index (Phi) is 6.43. The largest absolute Gasteiger partial charge is 0.377 e. The van der Waals surface area contributed by atoms with Crippen molar-refractivity contribution in [3.63, 3.8) is 0 Å². The van der Waals surface area contributed by atoms with E-state index in [1.54, 1.807) is 0 Å². The van der Waals surface area contributed by atoms with Crippen LogP contribution in [0.25, 0.3) is 0 Å². The van der Waals surface area contributed by atoms with Crippen LogP contribution >= 0.6 is 0 Å². The highest BCUT2D eigenvalue weighted by molar-refractivity contribution is 5.19. The first-order chi connectivity index (χ1) is 11.3. The van der Waals surface area contributed by atoms with E-state index in [2.05, 4.69) is 4.90 Å². The third-order valence-electron chi connectivity index (χ3n) is 4.96. The molecule has 4 heteroatoms. The Hall–Kier alpha value is -0.970. The predicted molar refractivity (Wildman–Crippen MR) is 89.0 cm³/mol. The molecule has 1 aromatic carbocycles. The maximum atomic E-state index is 13.0. The van der Waals surface area contributed by atoms with Gasteiger partial charge in [-0.3, -0.25) is 4.90 Å². The highest BCUT2D eigenvalue weighted by atomic mass is 19.1. The lowest BCUT2D eigenvalue weighted by Gasteiger charge is -2.33. The molecule has 23 heavy (non-hydrogen) atoms. The van der Waals surface area contributed by atoms with Crippen LogP contribution in [-0.4, -0.2) is 43.9 Å². The Morgan fingerprint density at radius 3 is 2.57 bits per heavy atom. The number of nitrogens with zero attached hydrogens (tertiary/aromatic N) is 1. The van der Waals surface area contributed by atoms with Crippen molar-refractivity contribution in [2.24, 2.45) is 0 Å². The molecule has 128 valence electrons. The zero-order valence-electron chi connectivity index (χ0n) is 13.9. The summed E-state index contributed by atoms with van der Waals surface area (Å²) in [6.07, 6.45) is 8.31. The minimum absolute atomic E-state index is 0.0437. The van der Waals surface area contributed by atoms with E-state index in [0.717, 1.165) is 38.4 Å². The molecule has 1 heterocycles. The van der Waals surface area contributed by atoms with Gasteiger partial charge in [0.1, 0.15) is 5.82 Å². The average Bonchev–Trinajstić information content (AvgIpc) is 2.85. The summed E-state index contributed by atoms with van der Waals surface area (Å²) in [7, 11) is 0. The Balaban J connectivity index is 1.42. The first kappa shape index (κ1) is 16.9. The molecule has 0 spiro atoms. The fourth-order valence-electron chi connectivity index (χ4n) is 3.54. The quantitative estimate of drug-likeness (QED) is 0.767. The van der Waals surface area contributed by atoms with Gasteiger partial charge >= 0.3 is 0 Å². The van der Waals surface area contributed by atoms with Crippen LogP contribution in [-0.2, 0) is 9.47 Å². The number of halogens is 1. The molecule has 1 saturated heterocycles. The highest BCUT2D eigenvalue weighted by Gasteiger charge is 2.22. The summed E-state index contributed by atoms with van der Waals surface area (Å²) in [5.74, 6) is -0.196. The summed E-state index contributed by atoms with van der Waals surface area (Å²) in [5.41, 5.74) is 1.06. The van der Waals surface area contributed by atoms with E-state index in [-0.39, 0.29) is 11.9 Å². The molecular formula is C19H28FNO2. The Labute approximate surface area is 138 Å². The summed E-state index contributed by atoms with van der Waals surface area (Å²) in [6, 6.07) is 6.66. The summed E-state index contributed by atoms with van der Waals surface area (Å²) in [6.45, 7) is 4.30. The van der Waals surface area contributed by atoms with Crippen LogP contribution in [0, 0.1) is 5.82 Å². The predicted octanol–water partition coefficient (Wildman–Crippen LogP) is 3.94. The zero-order chi connectivity index (χ0) is 15.9. The number of ether oxygens (including phenoxy) is 2. The molecule has 1 aliphatic carbocycles. The molecule has 0 bridgehead atoms. The summed E-state index contributed by atoms with van der Waals surface area (Å²) in [4.78, 5) is 2.40. The van der Waals surface area contributed by atoms with Crippen LogP contribution < -0.4 is 0 Å². The molecule has 3 rings (SSSR count). The van der Waals surface area contributed by atoms with Crippen molar-refractivity contribution in [2.75, 3.05) is 32.8 Å². The average molecular weight is 321 g/mol. The van der Waals surface area contributed by atoms with Gasteiger partial charge in [0.05, 0.1) is 25.4 Å². The second-order valence-corrected chi connectivity index (χ2v) is 6.70. The van der Waals surface area contributed by atoms with Crippen molar-refractivity contribution >= 4 is 0 Å². The third kappa shape index (κ3) is 5.27. The lowest BCUT2D eigenvalue weighted by atomic mass is 10.1. The Morgan fingerprint density at radius 1 is 1.09 bits per heavy atom. The summed E-state index contributed by atoms with van der Waals surface area (Å²) >= 11 is 0. The molecule has 0 aromatic heterocycles. The van der Waals surface area contributed by atoms with E-state index in [4.69, 9.17) is 9.47 Å². The lowest BCUT2D eigenvalue weighted by Crippen LogP contribution is -2.40. The zero-order valence-corrected chi connectivity index (χ0v) is 13.9. The molecule has 1 aliphatic heterocycles. The smallest absolute Gasteiger partial charge is 0.123 e. The van der Waals surface area contributed by atoms with Crippen LogP contribution in [0.4, 0.5) is 4.39 Å². The molecule has 3 nitrogen and oxygen atoms in total. The van der Waals surface area contributed by atoms with Gasteiger partial charge in [-0.25, -0.2) is 4.39 Å². The van der Waals surface area contributed by atoms with Crippen LogP contribution in [0.1, 0.15) is 50.2 Å². The van der Waals surface area contributed by atoms with Crippen LogP contribution in [0.3, 0.4) is 0 Å². The van der Waals surface area contributed by atoms with Crippen molar-refractivity contribution in [1.82, 2.24) is 4.90 Å². The molecule has 1 saturated carbocycles.